The molecule has 3 atom stereocenters. The zero-order valence-electron chi connectivity index (χ0n) is 28.3. The second kappa shape index (κ2) is 15.7. The van der Waals surface area contributed by atoms with Crippen LogP contribution in [-0.4, -0.2) is 76.3 Å². The van der Waals surface area contributed by atoms with Crippen molar-refractivity contribution in [1.82, 2.24) is 14.9 Å². The molecule has 3 fully saturated rings. The third kappa shape index (κ3) is 8.99. The van der Waals surface area contributed by atoms with Gasteiger partial charge in [-0.15, -0.1) is 0 Å². The number of likely N-dealkylation sites (tertiary alicyclic amines) is 1. The molecule has 276 valence electrons. The van der Waals surface area contributed by atoms with Gasteiger partial charge in [0, 0.05) is 50.1 Å². The van der Waals surface area contributed by atoms with Gasteiger partial charge in [0.05, 0.1) is 42.4 Å². The second-order valence-electron chi connectivity index (χ2n) is 13.7. The van der Waals surface area contributed by atoms with Gasteiger partial charge < -0.3 is 24.5 Å². The number of anilines is 2. The molecule has 0 spiro atoms. The Morgan fingerprint density at radius 3 is 1.90 bits per heavy atom. The predicted molar refractivity (Wildman–Crippen MR) is 173 cm³/mol. The fourth-order valence-electron chi connectivity index (χ4n) is 7.78. The smallest absolute Gasteiger partial charge is 0.416 e. The van der Waals surface area contributed by atoms with E-state index in [9.17, 15) is 41.0 Å². The summed E-state index contributed by atoms with van der Waals surface area (Å²) < 4.78 is 88.4. The summed E-state index contributed by atoms with van der Waals surface area (Å²) >= 11 is 0. The van der Waals surface area contributed by atoms with Gasteiger partial charge in [-0.1, -0.05) is 13.8 Å². The van der Waals surface area contributed by atoms with E-state index < -0.39 is 35.5 Å². The van der Waals surface area contributed by atoms with E-state index in [1.807, 2.05) is 23.6 Å². The van der Waals surface area contributed by atoms with E-state index in [-0.39, 0.29) is 60.4 Å². The average molecular weight is 714 g/mol. The van der Waals surface area contributed by atoms with Crippen molar-refractivity contribution in [3.63, 3.8) is 0 Å². The zero-order valence-corrected chi connectivity index (χ0v) is 28.3. The molecule has 3 heterocycles. The summed E-state index contributed by atoms with van der Waals surface area (Å²) in [5, 5.41) is 9.20. The molecule has 3 aliphatic rings. The summed E-state index contributed by atoms with van der Waals surface area (Å²) in [7, 11) is 0. The quantitative estimate of drug-likeness (QED) is 0.259. The predicted octanol–water partition coefficient (Wildman–Crippen LogP) is 7.19. The Labute approximate surface area is 288 Å². The number of hydrogen-bond acceptors (Lipinski definition) is 7. The number of nitrogens with zero attached hydrogens (tertiary/aromatic N) is 5. The molecule has 2 saturated heterocycles. The molecule has 1 aromatic carbocycles. The van der Waals surface area contributed by atoms with E-state index in [4.69, 9.17) is 4.74 Å². The van der Waals surface area contributed by atoms with Crippen LogP contribution in [0.4, 0.5) is 38.0 Å². The number of morpholine rings is 1. The monoisotopic (exact) mass is 713 g/mol. The van der Waals surface area contributed by atoms with Crippen molar-refractivity contribution in [3.05, 3.63) is 47.3 Å². The number of amides is 1. The van der Waals surface area contributed by atoms with Crippen LogP contribution in [-0.2, 0) is 33.2 Å². The van der Waals surface area contributed by atoms with Gasteiger partial charge in [0.15, 0.2) is 0 Å². The standard InChI is InChI=1S/C35H45F6N5O4/c1-3-27-17-29(18-28(4-2)46(27)32(49)24-7-5-22(6-8-24)15-31(47)48)45(33-42-19-30(20-43-33)44-9-11-50-12-10-44)21-23-13-25(34(36,37)38)16-26(14-23)35(39,40)41/h13-14,16,19-20,22,24,27-29H,3-12,15,17-18,21H2,1-2H3,(H,47,48)/t22?,24?,27-,28+,29?. The largest absolute Gasteiger partial charge is 0.481 e. The van der Waals surface area contributed by atoms with Crippen molar-refractivity contribution in [3.8, 4) is 0 Å². The minimum absolute atomic E-state index is 0.0290. The van der Waals surface area contributed by atoms with Crippen molar-refractivity contribution in [2.75, 3.05) is 36.1 Å². The van der Waals surface area contributed by atoms with Crippen LogP contribution in [0.1, 0.15) is 88.3 Å². The van der Waals surface area contributed by atoms with Crippen molar-refractivity contribution in [2.45, 2.75) is 109 Å². The maximum Gasteiger partial charge on any atom is 0.416 e. The lowest BCUT2D eigenvalue weighted by molar-refractivity contribution is -0.145. The molecule has 9 nitrogen and oxygen atoms in total. The molecule has 1 amide bonds. The number of carbonyl (C=O) groups is 2. The van der Waals surface area contributed by atoms with Gasteiger partial charge in [0.1, 0.15) is 0 Å². The van der Waals surface area contributed by atoms with Crippen LogP contribution in [0.2, 0.25) is 0 Å². The molecular weight excluding hydrogens is 668 g/mol. The number of carboxylic acid groups (broad SMARTS) is 1. The summed E-state index contributed by atoms with van der Waals surface area (Å²) in [4.78, 5) is 40.1. The van der Waals surface area contributed by atoms with E-state index in [0.29, 0.717) is 77.7 Å². The van der Waals surface area contributed by atoms with Gasteiger partial charge in [-0.2, -0.15) is 26.3 Å². The molecule has 2 aliphatic heterocycles. The van der Waals surface area contributed by atoms with Crippen LogP contribution < -0.4 is 9.80 Å². The number of hydrogen-bond donors (Lipinski definition) is 1. The first-order valence-corrected chi connectivity index (χ1v) is 17.4. The van der Waals surface area contributed by atoms with Crippen molar-refractivity contribution < 1.29 is 45.8 Å². The Hall–Kier alpha value is -3.62. The summed E-state index contributed by atoms with van der Waals surface area (Å²) in [6.07, 6.45) is -2.09. The summed E-state index contributed by atoms with van der Waals surface area (Å²) in [6, 6.07) is 0.770. The second-order valence-corrected chi connectivity index (χ2v) is 13.7. The molecule has 1 N–H and O–H groups in total. The van der Waals surface area contributed by atoms with E-state index >= 15 is 0 Å². The molecule has 1 saturated carbocycles. The fraction of sp³-hybridized carbons (Fsp3) is 0.657. The highest BCUT2D eigenvalue weighted by Gasteiger charge is 2.43. The van der Waals surface area contributed by atoms with Crippen molar-refractivity contribution in [1.29, 1.82) is 0 Å². The maximum absolute atomic E-state index is 14.1. The molecule has 5 rings (SSSR count). The topological polar surface area (TPSA) is 99.1 Å². The first kappa shape index (κ1) is 37.6. The van der Waals surface area contributed by atoms with Gasteiger partial charge in [-0.25, -0.2) is 9.97 Å². The van der Waals surface area contributed by atoms with E-state index in [1.54, 1.807) is 17.3 Å². The molecule has 1 aliphatic carbocycles. The maximum atomic E-state index is 14.1. The Morgan fingerprint density at radius 1 is 0.880 bits per heavy atom. The highest BCUT2D eigenvalue weighted by Crippen LogP contribution is 2.40. The third-order valence-electron chi connectivity index (χ3n) is 10.4. The zero-order chi connectivity index (χ0) is 36.2. The van der Waals surface area contributed by atoms with Crippen LogP contribution in [0.3, 0.4) is 0 Å². The third-order valence-corrected chi connectivity index (χ3v) is 10.4. The van der Waals surface area contributed by atoms with Gasteiger partial charge in [-0.05, 0) is 81.0 Å². The Morgan fingerprint density at radius 2 is 1.42 bits per heavy atom. The van der Waals surface area contributed by atoms with Crippen LogP contribution in [0.15, 0.2) is 30.6 Å². The van der Waals surface area contributed by atoms with Crippen LogP contribution in [0.5, 0.6) is 0 Å². The summed E-state index contributed by atoms with van der Waals surface area (Å²) in [5.74, 6) is -0.815. The number of alkyl halides is 6. The minimum Gasteiger partial charge on any atom is -0.481 e. The number of carbonyl (C=O) groups excluding carboxylic acids is 1. The first-order chi connectivity index (χ1) is 23.7. The van der Waals surface area contributed by atoms with Gasteiger partial charge >= 0.3 is 18.3 Å². The van der Waals surface area contributed by atoms with E-state index in [0.717, 1.165) is 17.8 Å². The first-order valence-electron chi connectivity index (χ1n) is 17.4. The number of halogens is 6. The highest BCUT2D eigenvalue weighted by molar-refractivity contribution is 5.80. The lowest BCUT2D eigenvalue weighted by atomic mass is 9.78. The number of carboxylic acids is 1. The average Bonchev–Trinajstić information content (AvgIpc) is 3.09. The highest BCUT2D eigenvalue weighted by atomic mass is 19.4. The van der Waals surface area contributed by atoms with E-state index in [1.165, 1.54) is 0 Å². The number of aliphatic carboxylic acids is 1. The van der Waals surface area contributed by atoms with Gasteiger partial charge in [-0.3, -0.25) is 9.59 Å². The van der Waals surface area contributed by atoms with Gasteiger partial charge in [0.2, 0.25) is 11.9 Å². The Bertz CT molecular complexity index is 1410. The Balaban J connectivity index is 1.45. The van der Waals surface area contributed by atoms with Crippen molar-refractivity contribution >= 4 is 23.5 Å². The number of ether oxygens (including phenoxy) is 1. The summed E-state index contributed by atoms with van der Waals surface area (Å²) in [5.41, 5.74) is -2.22. The van der Waals surface area contributed by atoms with Gasteiger partial charge in [0.25, 0.3) is 0 Å². The van der Waals surface area contributed by atoms with Crippen LogP contribution in [0.25, 0.3) is 0 Å². The fourth-order valence-corrected chi connectivity index (χ4v) is 7.78. The van der Waals surface area contributed by atoms with Crippen LogP contribution >= 0.6 is 0 Å². The number of rotatable bonds is 10. The molecule has 0 bridgehead atoms. The molecule has 1 aromatic heterocycles. The SMILES string of the molecule is CC[C@@H]1CC(N(Cc2cc(C(F)(F)F)cc(C(F)(F)F)c2)c2ncc(N3CCOCC3)cn2)C[C@H](CC)N1C(=O)C1CCC(CC(=O)O)CC1. The molecule has 2 aromatic rings. The number of aromatic nitrogens is 2. The molecular formula is C35H45F6N5O4. The molecule has 0 radical (unpaired) electrons. The van der Waals surface area contributed by atoms with Crippen molar-refractivity contribution in [2.24, 2.45) is 11.8 Å². The number of benzene rings is 1. The number of piperidine rings is 1. The molecule has 15 heteroatoms. The van der Waals surface area contributed by atoms with Crippen LogP contribution in [0, 0.1) is 11.8 Å². The normalized spacial score (nSPS) is 25.0. The molecule has 50 heavy (non-hydrogen) atoms. The summed E-state index contributed by atoms with van der Waals surface area (Å²) in [6.45, 7) is 5.94. The Kier molecular flexibility index (Phi) is 11.8. The molecule has 1 unspecified atom stereocenters. The minimum atomic E-state index is -4.99. The van der Waals surface area contributed by atoms with E-state index in [2.05, 4.69) is 9.97 Å². The lowest BCUT2D eigenvalue weighted by Gasteiger charge is -2.49. The lowest BCUT2D eigenvalue weighted by Crippen LogP contribution is -2.58.